The van der Waals surface area contributed by atoms with Crippen LogP contribution in [0.5, 0.6) is 0 Å². The zero-order valence-corrected chi connectivity index (χ0v) is 9.23. The number of hydrogen-bond donors (Lipinski definition) is 0. The van der Waals surface area contributed by atoms with Crippen LogP contribution in [0.1, 0.15) is 29.8 Å². The molecular weight excluding hydrogens is 208 g/mol. The third kappa shape index (κ3) is 3.73. The Hall–Kier alpha value is -1.84. The first-order chi connectivity index (χ1) is 7.49. The lowest BCUT2D eigenvalue weighted by Crippen LogP contribution is -2.20. The molecule has 0 N–H and O–H groups in total. The quantitative estimate of drug-likeness (QED) is 0.578. The summed E-state index contributed by atoms with van der Waals surface area (Å²) in [6, 6.07) is 6.68. The fourth-order valence-electron chi connectivity index (χ4n) is 1.17. The van der Waals surface area contributed by atoms with Gasteiger partial charge in [0.05, 0.1) is 5.56 Å². The van der Waals surface area contributed by atoms with Gasteiger partial charge in [0, 0.05) is 13.8 Å². The fourth-order valence-corrected chi connectivity index (χ4v) is 1.17. The molecule has 0 fully saturated rings. The molecule has 1 radical (unpaired) electrons. The highest BCUT2D eigenvalue weighted by Gasteiger charge is 2.13. The Morgan fingerprint density at radius 1 is 1.31 bits per heavy atom. The first-order valence-corrected chi connectivity index (χ1v) is 4.79. The van der Waals surface area contributed by atoms with Gasteiger partial charge < -0.3 is 9.47 Å². The molecule has 0 aliphatic rings. The number of rotatable bonds is 3. The molecule has 1 aromatic rings. The molecule has 4 heteroatoms. The number of esters is 2. The maximum absolute atomic E-state index is 11.5. The predicted octanol–water partition coefficient (Wildman–Crippen LogP) is 1.93. The van der Waals surface area contributed by atoms with Gasteiger partial charge in [-0.15, -0.1) is 0 Å². The summed E-state index contributed by atoms with van der Waals surface area (Å²) in [5.41, 5.74) is 1.10. The maximum atomic E-state index is 11.5. The van der Waals surface area contributed by atoms with Crippen LogP contribution in [0.25, 0.3) is 0 Å². The van der Waals surface area contributed by atoms with Crippen LogP contribution >= 0.6 is 0 Å². The van der Waals surface area contributed by atoms with Gasteiger partial charge in [0.15, 0.2) is 0 Å². The van der Waals surface area contributed by atoms with Gasteiger partial charge in [0.2, 0.25) is 6.29 Å². The summed E-state index contributed by atoms with van der Waals surface area (Å²) in [5, 5.41) is 0. The second-order valence-electron chi connectivity index (χ2n) is 3.28. The van der Waals surface area contributed by atoms with E-state index in [2.05, 4.69) is 11.7 Å². The van der Waals surface area contributed by atoms with E-state index in [-0.39, 0.29) is 0 Å². The van der Waals surface area contributed by atoms with Crippen molar-refractivity contribution >= 4 is 11.9 Å². The van der Waals surface area contributed by atoms with Crippen LogP contribution in [-0.4, -0.2) is 18.2 Å². The van der Waals surface area contributed by atoms with Crippen LogP contribution in [0.4, 0.5) is 0 Å². The molecule has 16 heavy (non-hydrogen) atoms. The molecule has 0 saturated carbocycles. The number of benzene rings is 1. The van der Waals surface area contributed by atoms with Gasteiger partial charge in [0.1, 0.15) is 0 Å². The van der Waals surface area contributed by atoms with Gasteiger partial charge in [-0.3, -0.25) is 4.79 Å². The fraction of sp³-hybridized carbons (Fsp3) is 0.250. The van der Waals surface area contributed by atoms with E-state index in [1.165, 1.54) is 13.8 Å². The molecule has 0 saturated heterocycles. The van der Waals surface area contributed by atoms with E-state index in [0.29, 0.717) is 5.56 Å². The van der Waals surface area contributed by atoms with E-state index in [1.54, 1.807) is 24.3 Å². The summed E-state index contributed by atoms with van der Waals surface area (Å²) in [7, 11) is 0. The molecule has 1 aromatic carbocycles. The number of carbonyl (C=O) groups is 2. The molecule has 0 aliphatic carbocycles. The molecule has 0 heterocycles. The van der Waals surface area contributed by atoms with Gasteiger partial charge in [0.25, 0.3) is 0 Å². The summed E-state index contributed by atoms with van der Waals surface area (Å²) in [4.78, 5) is 22.2. The summed E-state index contributed by atoms with van der Waals surface area (Å²) < 4.78 is 9.57. The van der Waals surface area contributed by atoms with Crippen LogP contribution in [0, 0.1) is 6.92 Å². The second-order valence-corrected chi connectivity index (χ2v) is 3.28. The Morgan fingerprint density at radius 3 is 2.56 bits per heavy atom. The Balaban J connectivity index is 2.62. The molecular formula is C12H13O4. The average molecular weight is 221 g/mol. The monoisotopic (exact) mass is 221 g/mol. The third-order valence-electron chi connectivity index (χ3n) is 1.77. The second kappa shape index (κ2) is 5.30. The lowest BCUT2D eigenvalue weighted by molar-refractivity contribution is -0.162. The van der Waals surface area contributed by atoms with Crippen LogP contribution < -0.4 is 0 Å². The molecule has 0 aliphatic heterocycles. The zero-order valence-electron chi connectivity index (χ0n) is 9.23. The van der Waals surface area contributed by atoms with Gasteiger partial charge >= 0.3 is 11.9 Å². The van der Waals surface area contributed by atoms with E-state index in [4.69, 9.17) is 4.74 Å². The van der Waals surface area contributed by atoms with Crippen LogP contribution in [0.15, 0.2) is 24.3 Å². The number of hydrogen-bond acceptors (Lipinski definition) is 4. The minimum atomic E-state index is -0.890. The molecule has 1 rings (SSSR count). The van der Waals surface area contributed by atoms with Crippen molar-refractivity contribution in [2.45, 2.75) is 20.1 Å². The smallest absolute Gasteiger partial charge is 0.341 e. The van der Waals surface area contributed by atoms with Crippen molar-refractivity contribution in [1.29, 1.82) is 0 Å². The normalized spacial score (nSPS) is 11.7. The summed E-state index contributed by atoms with van der Waals surface area (Å²) in [6.45, 7) is 6.43. The average Bonchev–Trinajstić information content (AvgIpc) is 2.16. The molecule has 0 spiro atoms. The van der Waals surface area contributed by atoms with Crippen LogP contribution in [0.2, 0.25) is 0 Å². The maximum Gasteiger partial charge on any atom is 0.341 e. The Bertz CT molecular complexity index is 398. The van der Waals surface area contributed by atoms with E-state index < -0.39 is 18.2 Å². The number of ether oxygens (including phenoxy) is 2. The van der Waals surface area contributed by atoms with E-state index in [9.17, 15) is 9.59 Å². The first-order valence-electron chi connectivity index (χ1n) is 4.79. The van der Waals surface area contributed by atoms with Crippen molar-refractivity contribution in [2.75, 3.05) is 0 Å². The molecule has 0 aromatic heterocycles. The minimum absolute atomic E-state index is 0.381. The van der Waals surface area contributed by atoms with Crippen molar-refractivity contribution in [3.8, 4) is 0 Å². The van der Waals surface area contributed by atoms with Crippen molar-refractivity contribution in [1.82, 2.24) is 0 Å². The van der Waals surface area contributed by atoms with E-state index in [0.717, 1.165) is 5.56 Å². The standard InChI is InChI=1S/C12H13O4/c1-8-5-4-6-11(7-8)12(14)16-10(3)15-9(2)13/h4-7,10H,1H2,2-3H3. The Morgan fingerprint density at radius 2 is 2.00 bits per heavy atom. The predicted molar refractivity (Wildman–Crippen MR) is 57.5 cm³/mol. The van der Waals surface area contributed by atoms with Gasteiger partial charge in [-0.2, -0.15) is 0 Å². The lowest BCUT2D eigenvalue weighted by Gasteiger charge is -2.12. The molecule has 0 bridgehead atoms. The van der Waals surface area contributed by atoms with Crippen molar-refractivity contribution < 1.29 is 19.1 Å². The summed E-state index contributed by atoms with van der Waals surface area (Å²) in [6.07, 6.45) is -0.890. The van der Waals surface area contributed by atoms with Crippen molar-refractivity contribution in [3.05, 3.63) is 42.3 Å². The lowest BCUT2D eigenvalue weighted by atomic mass is 10.1. The molecule has 85 valence electrons. The topological polar surface area (TPSA) is 52.6 Å². The zero-order chi connectivity index (χ0) is 12.1. The van der Waals surface area contributed by atoms with Crippen molar-refractivity contribution in [2.24, 2.45) is 0 Å². The Labute approximate surface area is 94.2 Å². The first kappa shape index (κ1) is 12.2. The van der Waals surface area contributed by atoms with Gasteiger partial charge in [-0.05, 0) is 24.6 Å². The van der Waals surface area contributed by atoms with Crippen LogP contribution in [0.3, 0.4) is 0 Å². The highest BCUT2D eigenvalue weighted by atomic mass is 16.7. The SMILES string of the molecule is [CH2]c1cccc(C(=O)OC(C)OC(C)=O)c1. The van der Waals surface area contributed by atoms with Gasteiger partial charge in [-0.1, -0.05) is 12.1 Å². The summed E-state index contributed by atoms with van der Waals surface area (Å²) >= 11 is 0. The van der Waals surface area contributed by atoms with Crippen LogP contribution in [-0.2, 0) is 14.3 Å². The minimum Gasteiger partial charge on any atom is -0.426 e. The molecule has 0 amide bonds. The molecule has 4 nitrogen and oxygen atoms in total. The third-order valence-corrected chi connectivity index (χ3v) is 1.77. The molecule has 1 atom stereocenters. The highest BCUT2D eigenvalue weighted by Crippen LogP contribution is 2.07. The largest absolute Gasteiger partial charge is 0.426 e. The Kier molecular flexibility index (Phi) is 4.05. The number of carbonyl (C=O) groups excluding carboxylic acids is 2. The van der Waals surface area contributed by atoms with E-state index >= 15 is 0 Å². The van der Waals surface area contributed by atoms with Gasteiger partial charge in [-0.25, -0.2) is 4.79 Å². The van der Waals surface area contributed by atoms with E-state index in [1.807, 2.05) is 0 Å². The summed E-state index contributed by atoms with van der Waals surface area (Å²) in [5.74, 6) is -1.04. The highest BCUT2D eigenvalue weighted by molar-refractivity contribution is 5.89. The van der Waals surface area contributed by atoms with Crippen molar-refractivity contribution in [3.63, 3.8) is 0 Å². The molecule has 1 unspecified atom stereocenters.